The molecule has 0 radical (unpaired) electrons. The molecule has 0 atom stereocenters. The highest BCUT2D eigenvalue weighted by Gasteiger charge is 2.10. The molecule has 2 aromatic rings. The summed E-state index contributed by atoms with van der Waals surface area (Å²) >= 11 is 6.09. The Morgan fingerprint density at radius 1 is 1.20 bits per heavy atom. The quantitative estimate of drug-likeness (QED) is 0.618. The third-order valence-corrected chi connectivity index (χ3v) is 3.39. The summed E-state index contributed by atoms with van der Waals surface area (Å²) in [4.78, 5) is 11.9. The highest BCUT2D eigenvalue weighted by atomic mass is 35.5. The SMILES string of the molecule is CCN(Cl)c1ccc2cc(C(=O)OC(C)C)ccc2c1. The van der Waals surface area contributed by atoms with E-state index in [-0.39, 0.29) is 12.1 Å². The Kier molecular flexibility index (Phi) is 4.50. The van der Waals surface area contributed by atoms with Crippen molar-refractivity contribution in [1.29, 1.82) is 0 Å². The number of ether oxygens (including phenoxy) is 1. The molecule has 0 amide bonds. The molecule has 2 rings (SSSR count). The first-order valence-electron chi connectivity index (χ1n) is 6.69. The van der Waals surface area contributed by atoms with Gasteiger partial charge < -0.3 is 4.74 Å². The lowest BCUT2D eigenvalue weighted by molar-refractivity contribution is 0.0378. The van der Waals surface area contributed by atoms with Gasteiger partial charge in [0.1, 0.15) is 0 Å². The molecule has 0 bridgehead atoms. The van der Waals surface area contributed by atoms with Gasteiger partial charge >= 0.3 is 5.97 Å². The van der Waals surface area contributed by atoms with Crippen molar-refractivity contribution in [2.24, 2.45) is 0 Å². The molecule has 0 aliphatic rings. The molecule has 106 valence electrons. The maximum Gasteiger partial charge on any atom is 0.338 e. The molecule has 0 heterocycles. The molecule has 0 spiro atoms. The Morgan fingerprint density at radius 2 is 1.85 bits per heavy atom. The number of halogens is 1. The Morgan fingerprint density at radius 3 is 2.50 bits per heavy atom. The van der Waals surface area contributed by atoms with Crippen LogP contribution in [0.2, 0.25) is 0 Å². The fourth-order valence-corrected chi connectivity index (χ4v) is 2.08. The maximum atomic E-state index is 11.9. The second-order valence-corrected chi connectivity index (χ2v) is 5.29. The predicted octanol–water partition coefficient (Wildman–Crippen LogP) is 4.39. The number of hydrogen-bond acceptors (Lipinski definition) is 3. The number of rotatable bonds is 4. The minimum atomic E-state index is -0.293. The normalized spacial score (nSPS) is 10.8. The van der Waals surface area contributed by atoms with Crippen LogP contribution in [-0.2, 0) is 4.74 Å². The highest BCUT2D eigenvalue weighted by Crippen LogP contribution is 2.24. The molecule has 0 aliphatic heterocycles. The standard InChI is InChI=1S/C16H18ClNO2/c1-4-18(17)15-8-7-12-9-14(6-5-13(12)10-15)16(19)20-11(2)3/h5-11H,4H2,1-3H3. The third-order valence-electron chi connectivity index (χ3n) is 2.96. The molecular formula is C16H18ClNO2. The van der Waals surface area contributed by atoms with Gasteiger partial charge in [0, 0.05) is 18.3 Å². The largest absolute Gasteiger partial charge is 0.459 e. The Hall–Kier alpha value is -1.74. The minimum Gasteiger partial charge on any atom is -0.459 e. The zero-order valence-electron chi connectivity index (χ0n) is 11.9. The monoisotopic (exact) mass is 291 g/mol. The Balaban J connectivity index is 2.34. The van der Waals surface area contributed by atoms with Crippen LogP contribution in [0.4, 0.5) is 5.69 Å². The van der Waals surface area contributed by atoms with Crippen molar-refractivity contribution in [3.05, 3.63) is 42.0 Å². The molecule has 0 fully saturated rings. The van der Waals surface area contributed by atoms with Crippen molar-refractivity contribution in [2.75, 3.05) is 11.0 Å². The Bertz CT molecular complexity index is 625. The number of carbonyl (C=O) groups is 1. The van der Waals surface area contributed by atoms with E-state index in [4.69, 9.17) is 16.5 Å². The minimum absolute atomic E-state index is 0.116. The molecule has 0 saturated heterocycles. The van der Waals surface area contributed by atoms with Gasteiger partial charge in [-0.15, -0.1) is 0 Å². The van der Waals surface area contributed by atoms with Crippen LogP contribution in [0.15, 0.2) is 36.4 Å². The molecule has 0 N–H and O–H groups in total. The zero-order chi connectivity index (χ0) is 14.7. The van der Waals surface area contributed by atoms with E-state index in [0.29, 0.717) is 5.56 Å². The van der Waals surface area contributed by atoms with E-state index in [9.17, 15) is 4.79 Å². The summed E-state index contributed by atoms with van der Waals surface area (Å²) in [5.41, 5.74) is 1.51. The van der Waals surface area contributed by atoms with E-state index < -0.39 is 0 Å². The van der Waals surface area contributed by atoms with Crippen molar-refractivity contribution in [2.45, 2.75) is 26.9 Å². The molecule has 3 nitrogen and oxygen atoms in total. The number of benzene rings is 2. The second-order valence-electron chi connectivity index (χ2n) is 4.88. The van der Waals surface area contributed by atoms with Crippen LogP contribution in [0.3, 0.4) is 0 Å². The summed E-state index contributed by atoms with van der Waals surface area (Å²) < 4.78 is 6.85. The summed E-state index contributed by atoms with van der Waals surface area (Å²) in [6.45, 7) is 6.39. The number of hydrogen-bond donors (Lipinski definition) is 0. The number of fused-ring (bicyclic) bond motifs is 1. The van der Waals surface area contributed by atoms with Crippen molar-refractivity contribution >= 4 is 34.2 Å². The number of anilines is 1. The molecule has 2 aromatic carbocycles. The topological polar surface area (TPSA) is 29.5 Å². The van der Waals surface area contributed by atoms with Crippen LogP contribution >= 0.6 is 11.8 Å². The number of carbonyl (C=O) groups excluding carboxylic acids is 1. The number of esters is 1. The summed E-state index contributed by atoms with van der Waals surface area (Å²) in [5, 5.41) is 2.04. The molecule has 0 aromatic heterocycles. The van der Waals surface area contributed by atoms with Gasteiger partial charge in [-0.3, -0.25) is 4.42 Å². The van der Waals surface area contributed by atoms with E-state index in [1.807, 2.05) is 51.1 Å². The fourth-order valence-electron chi connectivity index (χ4n) is 1.98. The zero-order valence-corrected chi connectivity index (χ0v) is 12.6. The summed E-state index contributed by atoms with van der Waals surface area (Å²) in [7, 11) is 0. The first kappa shape index (κ1) is 14.7. The van der Waals surface area contributed by atoms with Gasteiger partial charge in [-0.1, -0.05) is 12.1 Å². The van der Waals surface area contributed by atoms with Crippen molar-refractivity contribution in [3.63, 3.8) is 0 Å². The lowest BCUT2D eigenvalue weighted by atomic mass is 10.1. The highest BCUT2D eigenvalue weighted by molar-refractivity contribution is 6.25. The lowest BCUT2D eigenvalue weighted by Crippen LogP contribution is -2.11. The van der Waals surface area contributed by atoms with E-state index in [0.717, 1.165) is 23.0 Å². The van der Waals surface area contributed by atoms with Crippen molar-refractivity contribution < 1.29 is 9.53 Å². The van der Waals surface area contributed by atoms with E-state index in [2.05, 4.69) is 0 Å². The van der Waals surface area contributed by atoms with Gasteiger partial charge in [0.05, 0.1) is 17.4 Å². The summed E-state index contributed by atoms with van der Waals surface area (Å²) in [6, 6.07) is 11.4. The van der Waals surface area contributed by atoms with Gasteiger partial charge in [0.2, 0.25) is 0 Å². The second kappa shape index (κ2) is 6.14. The smallest absolute Gasteiger partial charge is 0.338 e. The van der Waals surface area contributed by atoms with Gasteiger partial charge in [0.25, 0.3) is 0 Å². The Labute approximate surface area is 124 Å². The fraction of sp³-hybridized carbons (Fsp3) is 0.312. The van der Waals surface area contributed by atoms with Crippen LogP contribution in [-0.4, -0.2) is 18.6 Å². The third kappa shape index (κ3) is 3.23. The molecule has 0 aliphatic carbocycles. The van der Waals surface area contributed by atoms with Gasteiger partial charge in [0.15, 0.2) is 0 Å². The first-order chi connectivity index (χ1) is 9.51. The maximum absolute atomic E-state index is 11.9. The van der Waals surface area contributed by atoms with Crippen LogP contribution in [0, 0.1) is 0 Å². The number of nitrogens with zero attached hydrogens (tertiary/aromatic N) is 1. The van der Waals surface area contributed by atoms with E-state index in [1.54, 1.807) is 10.5 Å². The molecule has 0 unspecified atom stereocenters. The van der Waals surface area contributed by atoms with Crippen molar-refractivity contribution in [3.8, 4) is 0 Å². The summed E-state index contributed by atoms with van der Waals surface area (Å²) in [6.07, 6.45) is -0.116. The van der Waals surface area contributed by atoms with Gasteiger partial charge in [-0.05, 0) is 55.8 Å². The lowest BCUT2D eigenvalue weighted by Gasteiger charge is -2.14. The van der Waals surface area contributed by atoms with Crippen LogP contribution < -0.4 is 4.42 Å². The average Bonchev–Trinajstić information content (AvgIpc) is 2.44. The van der Waals surface area contributed by atoms with Crippen LogP contribution in [0.25, 0.3) is 10.8 Å². The molecule has 4 heteroatoms. The average molecular weight is 292 g/mol. The van der Waals surface area contributed by atoms with E-state index in [1.165, 1.54) is 0 Å². The molecule has 0 saturated carbocycles. The molecule has 20 heavy (non-hydrogen) atoms. The predicted molar refractivity (Wildman–Crippen MR) is 83.4 cm³/mol. The first-order valence-corrected chi connectivity index (χ1v) is 7.03. The van der Waals surface area contributed by atoms with Gasteiger partial charge in [-0.25, -0.2) is 4.79 Å². The molecular weight excluding hydrogens is 274 g/mol. The van der Waals surface area contributed by atoms with Gasteiger partial charge in [-0.2, -0.15) is 0 Å². The summed E-state index contributed by atoms with van der Waals surface area (Å²) in [5.74, 6) is -0.293. The van der Waals surface area contributed by atoms with Crippen LogP contribution in [0.1, 0.15) is 31.1 Å². The van der Waals surface area contributed by atoms with Crippen molar-refractivity contribution in [1.82, 2.24) is 0 Å². The van der Waals surface area contributed by atoms with Crippen LogP contribution in [0.5, 0.6) is 0 Å². The van der Waals surface area contributed by atoms with E-state index >= 15 is 0 Å².